The SMILES string of the molecule is CCCCN1C(=O)C(C(=C=[N-])C#N)(C(c2ccc([N+](=O)[O-])cc2)n2c[n+](Cc3ccccc3)c3ccccc32)c2cc(Cl)ccc21. The van der Waals surface area contributed by atoms with Crippen LogP contribution in [0.5, 0.6) is 0 Å². The van der Waals surface area contributed by atoms with Crippen LogP contribution in [0.3, 0.4) is 0 Å². The molecule has 4 aromatic carbocycles. The summed E-state index contributed by atoms with van der Waals surface area (Å²) in [4.78, 5) is 27.9. The van der Waals surface area contributed by atoms with Crippen molar-refractivity contribution in [2.24, 2.45) is 0 Å². The molecule has 0 saturated heterocycles. The molecule has 46 heavy (non-hydrogen) atoms. The summed E-state index contributed by atoms with van der Waals surface area (Å²) in [5.74, 6) is 1.66. The number of para-hydroxylation sites is 2. The molecule has 0 bridgehead atoms. The van der Waals surface area contributed by atoms with Crippen LogP contribution in [0.4, 0.5) is 11.4 Å². The van der Waals surface area contributed by atoms with Crippen molar-refractivity contribution in [2.45, 2.75) is 37.8 Å². The van der Waals surface area contributed by atoms with Crippen LogP contribution in [-0.4, -0.2) is 27.8 Å². The molecule has 1 aliphatic rings. The lowest BCUT2D eigenvalue weighted by Gasteiger charge is -2.34. The van der Waals surface area contributed by atoms with E-state index in [9.17, 15) is 20.8 Å². The van der Waals surface area contributed by atoms with Gasteiger partial charge in [-0.15, -0.1) is 0 Å². The number of anilines is 1. The van der Waals surface area contributed by atoms with Gasteiger partial charge < -0.3 is 10.3 Å². The molecule has 0 radical (unpaired) electrons. The van der Waals surface area contributed by atoms with Crippen molar-refractivity contribution in [2.75, 3.05) is 11.4 Å². The van der Waals surface area contributed by atoms with Gasteiger partial charge in [0, 0.05) is 35.0 Å². The molecule has 5 aromatic rings. The predicted molar refractivity (Wildman–Crippen MR) is 177 cm³/mol. The number of nitriles is 1. The van der Waals surface area contributed by atoms with Crippen LogP contribution in [0.2, 0.25) is 5.02 Å². The van der Waals surface area contributed by atoms with Crippen molar-refractivity contribution in [3.05, 3.63) is 146 Å². The quantitative estimate of drug-likeness (QED) is 0.0549. The van der Waals surface area contributed by atoms with Crippen LogP contribution in [0.25, 0.3) is 16.4 Å². The fraction of sp³-hybridized carbons (Fsp3) is 0.194. The average molecular weight is 629 g/mol. The van der Waals surface area contributed by atoms with Gasteiger partial charge in [0.25, 0.3) is 5.69 Å². The molecule has 6 rings (SSSR count). The zero-order valence-electron chi connectivity index (χ0n) is 25.0. The number of nitrogens with zero attached hydrogens (tertiary/aromatic N) is 6. The number of rotatable bonds is 10. The van der Waals surface area contributed by atoms with Crippen LogP contribution in [-0.2, 0) is 16.8 Å². The van der Waals surface area contributed by atoms with E-state index in [2.05, 4.69) is 16.5 Å². The first-order valence-electron chi connectivity index (χ1n) is 14.9. The lowest BCUT2D eigenvalue weighted by Crippen LogP contribution is -2.49. The summed E-state index contributed by atoms with van der Waals surface area (Å²) in [6.45, 7) is 2.92. The van der Waals surface area contributed by atoms with Crippen LogP contribution in [0, 0.1) is 21.4 Å². The van der Waals surface area contributed by atoms with Crippen LogP contribution in [0.15, 0.2) is 109 Å². The fourth-order valence-corrected chi connectivity index (χ4v) is 6.76. The van der Waals surface area contributed by atoms with Crippen molar-refractivity contribution in [3.63, 3.8) is 0 Å². The average Bonchev–Trinajstić information content (AvgIpc) is 3.54. The van der Waals surface area contributed by atoms with Crippen molar-refractivity contribution in [1.29, 1.82) is 5.26 Å². The van der Waals surface area contributed by atoms with Crippen molar-refractivity contribution in [1.82, 2.24) is 4.57 Å². The van der Waals surface area contributed by atoms with E-state index in [1.165, 1.54) is 12.1 Å². The van der Waals surface area contributed by atoms with Gasteiger partial charge in [-0.05, 0) is 60.0 Å². The third-order valence-corrected chi connectivity index (χ3v) is 8.88. The Bertz CT molecular complexity index is 2060. The Balaban J connectivity index is 1.72. The van der Waals surface area contributed by atoms with Gasteiger partial charge in [0.2, 0.25) is 12.2 Å². The predicted octanol–water partition coefficient (Wildman–Crippen LogP) is 6.90. The summed E-state index contributed by atoms with van der Waals surface area (Å²) < 4.78 is 3.97. The molecule has 0 fully saturated rings. The molecule has 228 valence electrons. The fourth-order valence-electron chi connectivity index (χ4n) is 6.59. The summed E-state index contributed by atoms with van der Waals surface area (Å²) in [5.41, 5.74) is 1.94. The summed E-state index contributed by atoms with van der Waals surface area (Å²) in [5, 5.41) is 33.2. The highest BCUT2D eigenvalue weighted by atomic mass is 35.5. The molecule has 2 atom stereocenters. The topological polar surface area (TPSA) is 118 Å². The lowest BCUT2D eigenvalue weighted by atomic mass is 9.67. The Morgan fingerprint density at radius 2 is 1.78 bits per heavy atom. The van der Waals surface area contributed by atoms with E-state index in [-0.39, 0.29) is 11.3 Å². The van der Waals surface area contributed by atoms with Crippen molar-refractivity contribution >= 4 is 45.8 Å². The van der Waals surface area contributed by atoms with E-state index in [0.29, 0.717) is 41.3 Å². The zero-order chi connectivity index (χ0) is 32.4. The number of carbonyl (C=O) groups is 1. The van der Waals surface area contributed by atoms with E-state index in [0.717, 1.165) is 23.0 Å². The minimum absolute atomic E-state index is 0.122. The second-order valence-electron chi connectivity index (χ2n) is 11.3. The molecule has 2 unspecified atom stereocenters. The Hall–Kier alpha value is -5.55. The van der Waals surface area contributed by atoms with Crippen LogP contribution < -0.4 is 9.47 Å². The first-order chi connectivity index (χ1) is 22.3. The van der Waals surface area contributed by atoms with Gasteiger partial charge in [-0.3, -0.25) is 20.8 Å². The highest BCUT2D eigenvalue weighted by Gasteiger charge is 2.61. The number of unbranched alkanes of at least 4 members (excludes halogenated alkanes) is 1. The Labute approximate surface area is 270 Å². The first kappa shape index (κ1) is 30.5. The molecule has 0 saturated carbocycles. The number of nitro benzene ring substituents is 1. The highest BCUT2D eigenvalue weighted by molar-refractivity contribution is 6.31. The third-order valence-electron chi connectivity index (χ3n) is 8.65. The first-order valence-corrected chi connectivity index (χ1v) is 15.3. The minimum Gasteiger partial charge on any atom is -0.762 e. The Morgan fingerprint density at radius 1 is 1.07 bits per heavy atom. The molecule has 9 nitrogen and oxygen atoms in total. The van der Waals surface area contributed by atoms with Gasteiger partial charge in [-0.25, -0.2) is 9.13 Å². The number of hydrogen-bond donors (Lipinski definition) is 0. The number of fused-ring (bicyclic) bond motifs is 2. The van der Waals surface area contributed by atoms with Gasteiger partial charge >= 0.3 is 0 Å². The summed E-state index contributed by atoms with van der Waals surface area (Å²) in [7, 11) is 0. The van der Waals surface area contributed by atoms with E-state index in [1.807, 2.05) is 72.4 Å². The largest absolute Gasteiger partial charge is 0.762 e. The number of carbonyl (C=O) groups excluding carboxylic acids is 1. The molecule has 2 heterocycles. The molecule has 10 heteroatoms. The maximum Gasteiger partial charge on any atom is 0.269 e. The summed E-state index contributed by atoms with van der Waals surface area (Å²) in [6.07, 6.45) is 3.41. The normalized spacial score (nSPS) is 16.1. The molecule has 1 aromatic heterocycles. The van der Waals surface area contributed by atoms with Crippen LogP contribution >= 0.6 is 11.6 Å². The number of benzene rings is 4. The second kappa shape index (κ2) is 12.4. The van der Waals surface area contributed by atoms with Gasteiger partial charge in [0.05, 0.1) is 10.5 Å². The van der Waals surface area contributed by atoms with Gasteiger partial charge in [0.1, 0.15) is 12.6 Å². The third kappa shape index (κ3) is 4.94. The maximum atomic E-state index is 15.1. The van der Waals surface area contributed by atoms with Crippen molar-refractivity contribution < 1.29 is 14.3 Å². The molecule has 0 spiro atoms. The highest BCUT2D eigenvalue weighted by Crippen LogP contribution is 2.55. The molecule has 1 aliphatic heterocycles. The maximum absolute atomic E-state index is 15.1. The zero-order valence-corrected chi connectivity index (χ0v) is 25.8. The van der Waals surface area contributed by atoms with Gasteiger partial charge in [-0.2, -0.15) is 5.26 Å². The van der Waals surface area contributed by atoms with Gasteiger partial charge in [-0.1, -0.05) is 67.4 Å². The number of nitro groups is 1. The Kier molecular flexibility index (Phi) is 8.25. The molecule has 0 aliphatic carbocycles. The number of imidazole rings is 1. The number of hydrogen-bond acceptors (Lipinski definition) is 4. The standard InChI is InChI=1S/C36H29ClN6O3/c1-2-3-19-41-31-18-15-28(37)20-30(31)36(35(41)44,27(21-38)22-39)34(26-13-16-29(17-14-26)43(45)46)42-24-40(23-25-9-5-4-6-10-25)32-11-7-8-12-33(32)42/h4-18,20,24,34H,2-3,19,23H2,1H3. The van der Waals surface area contributed by atoms with E-state index >= 15 is 4.79 Å². The second-order valence-corrected chi connectivity index (χ2v) is 11.7. The molecule has 0 N–H and O–H groups in total. The van der Waals surface area contributed by atoms with E-state index < -0.39 is 22.3 Å². The number of halogens is 1. The van der Waals surface area contributed by atoms with Gasteiger partial charge in [0.15, 0.2) is 22.5 Å². The molecular formula is C36H29ClN6O3. The van der Waals surface area contributed by atoms with Crippen molar-refractivity contribution in [3.8, 4) is 6.07 Å². The molecular weight excluding hydrogens is 600 g/mol. The Morgan fingerprint density at radius 3 is 2.46 bits per heavy atom. The number of non-ortho nitro benzene ring substituents is 1. The van der Waals surface area contributed by atoms with Crippen LogP contribution in [0.1, 0.15) is 42.5 Å². The molecule has 1 amide bonds. The minimum atomic E-state index is -1.83. The smallest absolute Gasteiger partial charge is 0.269 e. The summed E-state index contributed by atoms with van der Waals surface area (Å²) in [6, 6.07) is 29.8. The summed E-state index contributed by atoms with van der Waals surface area (Å²) >= 11 is 6.59. The monoisotopic (exact) mass is 628 g/mol. The van der Waals surface area contributed by atoms with E-state index in [1.54, 1.807) is 35.2 Å². The van der Waals surface area contributed by atoms with E-state index in [4.69, 9.17) is 11.6 Å². The number of amides is 1. The number of aromatic nitrogens is 2. The lowest BCUT2D eigenvalue weighted by molar-refractivity contribution is -0.663.